The highest BCUT2D eigenvalue weighted by atomic mass is 32.2. The minimum Gasteiger partial charge on any atom is -0.282 e. The van der Waals surface area contributed by atoms with Crippen molar-refractivity contribution >= 4 is 16.9 Å². The molecule has 0 aliphatic carbocycles. The lowest BCUT2D eigenvalue weighted by Crippen LogP contribution is -2.32. The van der Waals surface area contributed by atoms with Crippen LogP contribution in [0.2, 0.25) is 0 Å². The molecule has 0 aromatic heterocycles. The van der Waals surface area contributed by atoms with Crippen molar-refractivity contribution in [2.75, 3.05) is 5.75 Å². The van der Waals surface area contributed by atoms with E-state index >= 15 is 0 Å². The highest BCUT2D eigenvalue weighted by molar-refractivity contribution is 8.14. The Morgan fingerprint density at radius 1 is 1.14 bits per heavy atom. The van der Waals surface area contributed by atoms with Crippen molar-refractivity contribution in [1.29, 1.82) is 0 Å². The van der Waals surface area contributed by atoms with Crippen molar-refractivity contribution in [2.24, 2.45) is 0 Å². The van der Waals surface area contributed by atoms with Crippen LogP contribution in [0.5, 0.6) is 0 Å². The third-order valence-corrected chi connectivity index (χ3v) is 3.72. The Morgan fingerprint density at radius 2 is 1.76 bits per heavy atom. The van der Waals surface area contributed by atoms with Gasteiger partial charge in [0, 0.05) is 11.3 Å². The maximum Gasteiger partial charge on any atom is 0.284 e. The van der Waals surface area contributed by atoms with Gasteiger partial charge >= 0.3 is 0 Å². The number of halogens is 5. The van der Waals surface area contributed by atoms with Crippen molar-refractivity contribution in [2.45, 2.75) is 37.8 Å². The summed E-state index contributed by atoms with van der Waals surface area (Å²) in [5.74, 6) is -3.86. The molecule has 0 amide bonds. The van der Waals surface area contributed by atoms with E-state index in [1.54, 1.807) is 30.3 Å². The van der Waals surface area contributed by atoms with Crippen LogP contribution in [0.3, 0.4) is 0 Å². The van der Waals surface area contributed by atoms with Crippen LogP contribution in [0, 0.1) is 0 Å². The second kappa shape index (κ2) is 8.36. The first-order chi connectivity index (χ1) is 9.83. The lowest BCUT2D eigenvalue weighted by molar-refractivity contribution is -0.110. The molecule has 0 heterocycles. The van der Waals surface area contributed by atoms with Crippen LogP contribution >= 0.6 is 11.8 Å². The van der Waals surface area contributed by atoms with Gasteiger partial charge in [-0.2, -0.15) is 0 Å². The van der Waals surface area contributed by atoms with E-state index in [2.05, 4.69) is 0 Å². The summed E-state index contributed by atoms with van der Waals surface area (Å²) in [5.41, 5.74) is 0.474. The summed E-state index contributed by atoms with van der Waals surface area (Å²) in [4.78, 5) is 11.7. The molecule has 1 nitrogen and oxygen atoms in total. The highest BCUT2D eigenvalue weighted by Crippen LogP contribution is 2.31. The SMILES string of the molecule is O=C(SCCCC(F)C(F)(F)CC(F)F)c1ccccc1. The molecule has 0 saturated carbocycles. The second-order valence-corrected chi connectivity index (χ2v) is 5.54. The first kappa shape index (κ1) is 17.9. The summed E-state index contributed by atoms with van der Waals surface area (Å²) < 4.78 is 62.9. The number of carbonyl (C=O) groups excluding carboxylic acids is 1. The molecule has 0 radical (unpaired) electrons. The van der Waals surface area contributed by atoms with Crippen molar-refractivity contribution in [1.82, 2.24) is 0 Å². The summed E-state index contributed by atoms with van der Waals surface area (Å²) in [6, 6.07) is 8.36. The van der Waals surface area contributed by atoms with Gasteiger partial charge in [0.2, 0.25) is 11.5 Å². The van der Waals surface area contributed by atoms with E-state index in [4.69, 9.17) is 0 Å². The number of benzene rings is 1. The van der Waals surface area contributed by atoms with Gasteiger partial charge in [-0.25, -0.2) is 22.0 Å². The molecule has 7 heteroatoms. The predicted octanol–water partition coefficient (Wildman–Crippen LogP) is 4.97. The zero-order valence-electron chi connectivity index (χ0n) is 11.1. The Balaban J connectivity index is 2.29. The largest absolute Gasteiger partial charge is 0.284 e. The molecule has 21 heavy (non-hydrogen) atoms. The van der Waals surface area contributed by atoms with E-state index in [-0.39, 0.29) is 17.3 Å². The number of alkyl halides is 5. The molecule has 1 aromatic rings. The average molecular weight is 326 g/mol. The molecule has 1 atom stereocenters. The van der Waals surface area contributed by atoms with Crippen LogP contribution < -0.4 is 0 Å². The lowest BCUT2D eigenvalue weighted by atomic mass is 10.1. The Labute approximate surface area is 123 Å². The van der Waals surface area contributed by atoms with Crippen LogP contribution in [-0.4, -0.2) is 29.4 Å². The van der Waals surface area contributed by atoms with Crippen molar-refractivity contribution in [3.63, 3.8) is 0 Å². The van der Waals surface area contributed by atoms with Gasteiger partial charge in [0.15, 0.2) is 6.17 Å². The fourth-order valence-electron chi connectivity index (χ4n) is 1.63. The van der Waals surface area contributed by atoms with Crippen LogP contribution in [0.25, 0.3) is 0 Å². The van der Waals surface area contributed by atoms with Gasteiger partial charge in [-0.05, 0) is 12.8 Å². The fraction of sp³-hybridized carbons (Fsp3) is 0.500. The normalized spacial score (nSPS) is 13.4. The predicted molar refractivity (Wildman–Crippen MR) is 72.9 cm³/mol. The minimum absolute atomic E-state index is 0.0171. The van der Waals surface area contributed by atoms with Crippen LogP contribution in [-0.2, 0) is 0 Å². The molecular formula is C14H15F5OS. The molecule has 1 unspecified atom stereocenters. The number of hydrogen-bond acceptors (Lipinski definition) is 2. The Kier molecular flexibility index (Phi) is 7.14. The molecule has 0 aliphatic heterocycles. The summed E-state index contributed by atoms with van der Waals surface area (Å²) in [7, 11) is 0. The molecule has 1 aromatic carbocycles. The van der Waals surface area contributed by atoms with E-state index in [9.17, 15) is 26.7 Å². The number of thioether (sulfide) groups is 1. The molecule has 0 bridgehead atoms. The molecule has 0 saturated heterocycles. The van der Waals surface area contributed by atoms with Gasteiger partial charge in [0.1, 0.15) is 0 Å². The van der Waals surface area contributed by atoms with E-state index in [0.717, 1.165) is 11.8 Å². The van der Waals surface area contributed by atoms with Crippen molar-refractivity contribution < 1.29 is 26.7 Å². The van der Waals surface area contributed by atoms with Crippen LogP contribution in [0.15, 0.2) is 30.3 Å². The fourth-order valence-corrected chi connectivity index (χ4v) is 2.43. The summed E-state index contributed by atoms with van der Waals surface area (Å²) in [6.07, 6.45) is -8.16. The molecule has 0 N–H and O–H groups in total. The Bertz CT molecular complexity index is 438. The quantitative estimate of drug-likeness (QED) is 0.496. The first-order valence-corrected chi connectivity index (χ1v) is 7.33. The Morgan fingerprint density at radius 3 is 2.33 bits per heavy atom. The molecule has 118 valence electrons. The highest BCUT2D eigenvalue weighted by Gasteiger charge is 2.42. The van der Waals surface area contributed by atoms with Crippen LogP contribution in [0.1, 0.15) is 29.6 Å². The van der Waals surface area contributed by atoms with Gasteiger partial charge in [-0.3, -0.25) is 4.79 Å². The van der Waals surface area contributed by atoms with Gasteiger partial charge in [0.05, 0.1) is 6.42 Å². The number of hydrogen-bond donors (Lipinski definition) is 0. The van der Waals surface area contributed by atoms with Gasteiger partial charge in [-0.1, -0.05) is 42.1 Å². The maximum absolute atomic E-state index is 13.2. The van der Waals surface area contributed by atoms with E-state index in [0.29, 0.717) is 5.56 Å². The third-order valence-electron chi connectivity index (χ3n) is 2.73. The molecule has 0 fully saturated rings. The van der Waals surface area contributed by atoms with E-state index in [1.165, 1.54) is 0 Å². The first-order valence-electron chi connectivity index (χ1n) is 6.35. The number of carbonyl (C=O) groups is 1. The topological polar surface area (TPSA) is 17.1 Å². The van der Waals surface area contributed by atoms with Crippen molar-refractivity contribution in [3.8, 4) is 0 Å². The van der Waals surface area contributed by atoms with E-state index in [1.807, 2.05) is 0 Å². The minimum atomic E-state index is -4.03. The standard InChI is InChI=1S/C14H15F5OS/c15-11(14(18,19)9-12(16)17)7-4-8-21-13(20)10-5-2-1-3-6-10/h1-3,5-6,11-12H,4,7-9H2. The summed E-state index contributed by atoms with van der Waals surface area (Å²) in [6.45, 7) is 0. The molecular weight excluding hydrogens is 311 g/mol. The zero-order valence-corrected chi connectivity index (χ0v) is 11.9. The van der Waals surface area contributed by atoms with Crippen molar-refractivity contribution in [3.05, 3.63) is 35.9 Å². The maximum atomic E-state index is 13.2. The molecule has 1 rings (SSSR count). The average Bonchev–Trinajstić information content (AvgIpc) is 2.42. The number of rotatable bonds is 8. The second-order valence-electron chi connectivity index (χ2n) is 4.47. The summed E-state index contributed by atoms with van der Waals surface area (Å²) in [5, 5.41) is -0.231. The van der Waals surface area contributed by atoms with Gasteiger partial charge in [-0.15, -0.1) is 0 Å². The van der Waals surface area contributed by atoms with Gasteiger partial charge < -0.3 is 0 Å². The molecule has 0 aliphatic rings. The smallest absolute Gasteiger partial charge is 0.282 e. The van der Waals surface area contributed by atoms with Gasteiger partial charge in [0.25, 0.3) is 5.92 Å². The molecule has 0 spiro atoms. The van der Waals surface area contributed by atoms with Crippen LogP contribution in [0.4, 0.5) is 22.0 Å². The third kappa shape index (κ3) is 6.46. The Hall–Kier alpha value is -1.11. The monoisotopic (exact) mass is 326 g/mol. The lowest BCUT2D eigenvalue weighted by Gasteiger charge is -2.20. The van der Waals surface area contributed by atoms with E-state index < -0.39 is 31.4 Å². The summed E-state index contributed by atoms with van der Waals surface area (Å²) >= 11 is 0.897. The zero-order chi connectivity index (χ0) is 15.9.